The first-order valence-electron chi connectivity index (χ1n) is 8.59. The fraction of sp³-hybridized carbons (Fsp3) is 0.136. The van der Waals surface area contributed by atoms with Crippen molar-refractivity contribution < 1.29 is 18.7 Å². The molecule has 0 radical (unpaired) electrons. The third-order valence-electron chi connectivity index (χ3n) is 4.19. The maximum Gasteiger partial charge on any atom is 0.255 e. The number of ether oxygens (including phenoxy) is 2. The molecule has 3 rings (SSSR count). The van der Waals surface area contributed by atoms with E-state index >= 15 is 0 Å². The number of hydrogen-bond acceptors (Lipinski definition) is 3. The Labute approximate surface area is 171 Å². The van der Waals surface area contributed by atoms with E-state index in [-0.39, 0.29) is 18.3 Å². The van der Waals surface area contributed by atoms with Crippen LogP contribution in [-0.4, -0.2) is 13.0 Å². The van der Waals surface area contributed by atoms with Gasteiger partial charge < -0.3 is 14.8 Å². The molecule has 0 aliphatic heterocycles. The summed E-state index contributed by atoms with van der Waals surface area (Å²) in [5.74, 6) is 0.711. The maximum atomic E-state index is 13.2. The van der Waals surface area contributed by atoms with E-state index < -0.39 is 0 Å². The summed E-state index contributed by atoms with van der Waals surface area (Å²) in [6, 6.07) is 16.9. The number of benzene rings is 3. The van der Waals surface area contributed by atoms with Gasteiger partial charge in [0.25, 0.3) is 5.91 Å². The zero-order chi connectivity index (χ0) is 20.1. The summed E-state index contributed by atoms with van der Waals surface area (Å²) in [5.41, 5.74) is 2.42. The molecule has 0 fully saturated rings. The Morgan fingerprint density at radius 2 is 1.82 bits per heavy atom. The van der Waals surface area contributed by atoms with Crippen molar-refractivity contribution in [2.75, 3.05) is 12.4 Å². The van der Waals surface area contributed by atoms with Gasteiger partial charge in [-0.3, -0.25) is 4.79 Å². The molecule has 0 aromatic heterocycles. The van der Waals surface area contributed by atoms with Crippen molar-refractivity contribution >= 4 is 27.5 Å². The highest BCUT2D eigenvalue weighted by molar-refractivity contribution is 9.10. The fourth-order valence-electron chi connectivity index (χ4n) is 2.69. The van der Waals surface area contributed by atoms with Crippen LogP contribution in [-0.2, 0) is 6.61 Å². The molecule has 1 N–H and O–H groups in total. The number of methoxy groups -OCH3 is 1. The van der Waals surface area contributed by atoms with E-state index in [1.165, 1.54) is 12.1 Å². The van der Waals surface area contributed by atoms with E-state index in [2.05, 4.69) is 21.2 Å². The lowest BCUT2D eigenvalue weighted by atomic mass is 10.1. The second-order valence-corrected chi connectivity index (χ2v) is 7.10. The van der Waals surface area contributed by atoms with Gasteiger partial charge in [-0.2, -0.15) is 0 Å². The summed E-state index contributed by atoms with van der Waals surface area (Å²) < 4.78 is 25.4. The topological polar surface area (TPSA) is 47.6 Å². The van der Waals surface area contributed by atoms with Gasteiger partial charge in [0.05, 0.1) is 7.11 Å². The van der Waals surface area contributed by atoms with Crippen LogP contribution < -0.4 is 14.8 Å². The van der Waals surface area contributed by atoms with Gasteiger partial charge in [0.2, 0.25) is 0 Å². The number of nitrogens with one attached hydrogen (secondary N) is 1. The maximum absolute atomic E-state index is 13.2. The van der Waals surface area contributed by atoms with Gasteiger partial charge >= 0.3 is 0 Å². The average Bonchev–Trinajstić information content (AvgIpc) is 2.69. The van der Waals surface area contributed by atoms with Crippen molar-refractivity contribution in [3.05, 3.63) is 87.6 Å². The van der Waals surface area contributed by atoms with Gasteiger partial charge in [-0.1, -0.05) is 15.9 Å². The van der Waals surface area contributed by atoms with E-state index in [0.29, 0.717) is 28.3 Å². The Kier molecular flexibility index (Phi) is 6.31. The zero-order valence-corrected chi connectivity index (χ0v) is 17.0. The number of halogens is 2. The Hall–Kier alpha value is -2.86. The highest BCUT2D eigenvalue weighted by Gasteiger charge is 2.12. The quantitative estimate of drug-likeness (QED) is 0.528. The molecule has 1 amide bonds. The van der Waals surface area contributed by atoms with Crippen molar-refractivity contribution in [3.8, 4) is 11.5 Å². The largest absolute Gasteiger partial charge is 0.496 e. The average molecular weight is 444 g/mol. The minimum atomic E-state index is -0.340. The molecule has 0 atom stereocenters. The van der Waals surface area contributed by atoms with Gasteiger partial charge in [0, 0.05) is 21.3 Å². The number of amides is 1. The van der Waals surface area contributed by atoms with Crippen LogP contribution in [0.15, 0.2) is 65.1 Å². The first-order chi connectivity index (χ1) is 13.5. The van der Waals surface area contributed by atoms with Crippen LogP contribution in [0.1, 0.15) is 21.5 Å². The molecule has 144 valence electrons. The number of hydrogen-bond donors (Lipinski definition) is 1. The second kappa shape index (κ2) is 8.89. The minimum Gasteiger partial charge on any atom is -0.496 e. The summed E-state index contributed by atoms with van der Waals surface area (Å²) in [7, 11) is 1.57. The summed E-state index contributed by atoms with van der Waals surface area (Å²) in [6.07, 6.45) is 0. The second-order valence-electron chi connectivity index (χ2n) is 6.18. The molecule has 0 bridgehead atoms. The number of anilines is 1. The lowest BCUT2D eigenvalue weighted by molar-refractivity contribution is 0.102. The van der Waals surface area contributed by atoms with Crippen molar-refractivity contribution in [3.63, 3.8) is 0 Å². The van der Waals surface area contributed by atoms with Crippen LogP contribution in [0.4, 0.5) is 10.1 Å². The Balaban J connectivity index is 1.77. The summed E-state index contributed by atoms with van der Waals surface area (Å²) in [6.45, 7) is 1.99. The van der Waals surface area contributed by atoms with E-state index in [9.17, 15) is 9.18 Å². The molecule has 28 heavy (non-hydrogen) atoms. The van der Waals surface area contributed by atoms with Crippen LogP contribution in [0.5, 0.6) is 11.5 Å². The molecule has 3 aromatic carbocycles. The van der Waals surface area contributed by atoms with E-state index in [1.807, 2.05) is 24.3 Å². The predicted octanol–water partition coefficient (Wildman–Crippen LogP) is 5.74. The molecule has 0 spiro atoms. The molecule has 3 aromatic rings. The molecular weight excluding hydrogens is 425 g/mol. The molecule has 0 aliphatic rings. The molecule has 0 saturated carbocycles. The number of carbonyl (C=O) groups is 1. The van der Waals surface area contributed by atoms with Crippen LogP contribution in [0.2, 0.25) is 0 Å². The van der Waals surface area contributed by atoms with Crippen LogP contribution in [0.3, 0.4) is 0 Å². The molecule has 0 saturated heterocycles. The van der Waals surface area contributed by atoms with Crippen LogP contribution in [0.25, 0.3) is 0 Å². The highest BCUT2D eigenvalue weighted by atomic mass is 79.9. The van der Waals surface area contributed by atoms with Gasteiger partial charge in [-0.15, -0.1) is 0 Å². The summed E-state index contributed by atoms with van der Waals surface area (Å²) in [5, 5.41) is 2.81. The standard InChI is InChI=1S/C22H19BrFNO3/c1-14-11-18(24)6-9-20(14)25-22(26)15-3-10-21(27-2)16(12-15)13-28-19-7-4-17(23)5-8-19/h3-12H,13H2,1-2H3,(H,25,26). The molecule has 0 heterocycles. The fourth-order valence-corrected chi connectivity index (χ4v) is 2.95. The number of carbonyl (C=O) groups excluding carboxylic acids is 1. The molecule has 4 nitrogen and oxygen atoms in total. The first kappa shape index (κ1) is 19.9. The smallest absolute Gasteiger partial charge is 0.255 e. The number of aryl methyl sites for hydroxylation is 1. The first-order valence-corrected chi connectivity index (χ1v) is 9.38. The van der Waals surface area contributed by atoms with Crippen LogP contribution in [0, 0.1) is 12.7 Å². The summed E-state index contributed by atoms with van der Waals surface area (Å²) in [4.78, 5) is 12.6. The predicted molar refractivity (Wildman–Crippen MR) is 111 cm³/mol. The van der Waals surface area contributed by atoms with Gasteiger partial charge in [0.15, 0.2) is 0 Å². The third-order valence-corrected chi connectivity index (χ3v) is 4.72. The molecule has 0 unspecified atom stereocenters. The van der Waals surface area contributed by atoms with Gasteiger partial charge in [-0.25, -0.2) is 4.39 Å². The Morgan fingerprint density at radius 1 is 1.07 bits per heavy atom. The van der Waals surface area contributed by atoms with E-state index in [0.717, 1.165) is 10.0 Å². The molecule has 6 heteroatoms. The van der Waals surface area contributed by atoms with Crippen LogP contribution >= 0.6 is 15.9 Å². The van der Waals surface area contributed by atoms with E-state index in [4.69, 9.17) is 9.47 Å². The highest BCUT2D eigenvalue weighted by Crippen LogP contribution is 2.24. The Morgan fingerprint density at radius 3 is 2.50 bits per heavy atom. The molecular formula is C22H19BrFNO3. The van der Waals surface area contributed by atoms with Crippen molar-refractivity contribution in [1.29, 1.82) is 0 Å². The number of rotatable bonds is 6. The SMILES string of the molecule is COc1ccc(C(=O)Nc2ccc(F)cc2C)cc1COc1ccc(Br)cc1. The third kappa shape index (κ3) is 4.89. The molecule has 0 aliphatic carbocycles. The van der Waals surface area contributed by atoms with E-state index in [1.54, 1.807) is 38.3 Å². The lowest BCUT2D eigenvalue weighted by Crippen LogP contribution is -2.13. The minimum absolute atomic E-state index is 0.251. The lowest BCUT2D eigenvalue weighted by Gasteiger charge is -2.13. The van der Waals surface area contributed by atoms with Crippen molar-refractivity contribution in [2.24, 2.45) is 0 Å². The van der Waals surface area contributed by atoms with Crippen molar-refractivity contribution in [1.82, 2.24) is 0 Å². The summed E-state index contributed by atoms with van der Waals surface area (Å²) >= 11 is 3.39. The Bertz CT molecular complexity index is 990. The normalized spacial score (nSPS) is 10.4. The zero-order valence-electron chi connectivity index (χ0n) is 15.5. The van der Waals surface area contributed by atoms with Gasteiger partial charge in [0.1, 0.15) is 23.9 Å². The van der Waals surface area contributed by atoms with Crippen molar-refractivity contribution in [2.45, 2.75) is 13.5 Å². The van der Waals surface area contributed by atoms with Gasteiger partial charge in [-0.05, 0) is 73.2 Å². The monoisotopic (exact) mass is 443 g/mol.